The van der Waals surface area contributed by atoms with E-state index in [1.165, 1.54) is 23.3 Å². The molecule has 1 saturated carbocycles. The third kappa shape index (κ3) is 4.25. The minimum absolute atomic E-state index is 0.479. The van der Waals surface area contributed by atoms with Gasteiger partial charge in [0, 0.05) is 43.1 Å². The van der Waals surface area contributed by atoms with Crippen molar-refractivity contribution in [2.24, 2.45) is 11.8 Å². The third-order valence-electron chi connectivity index (χ3n) is 6.50. The summed E-state index contributed by atoms with van der Waals surface area (Å²) in [5, 5.41) is 5.76. The number of benzene rings is 1. The summed E-state index contributed by atoms with van der Waals surface area (Å²) in [6.07, 6.45) is 7.91. The number of halogens is 1. The molecule has 6 heteroatoms. The summed E-state index contributed by atoms with van der Waals surface area (Å²) in [6.45, 7) is 6.64. The quantitative estimate of drug-likeness (QED) is 0.550. The van der Waals surface area contributed by atoms with E-state index in [9.17, 15) is 4.39 Å². The van der Waals surface area contributed by atoms with Crippen LogP contribution in [-0.4, -0.2) is 40.7 Å². The summed E-state index contributed by atoms with van der Waals surface area (Å²) in [4.78, 5) is 12.2. The largest absolute Gasteiger partial charge is 0.344 e. The monoisotopic (exact) mass is 422 g/mol. The Kier molecular flexibility index (Phi) is 5.52. The van der Waals surface area contributed by atoms with E-state index in [4.69, 9.17) is 0 Å². The van der Waals surface area contributed by atoms with Crippen LogP contribution < -0.4 is 5.32 Å². The second-order valence-electron chi connectivity index (χ2n) is 8.68. The average molecular weight is 423 g/mol. The number of aromatic nitrogens is 2. The highest BCUT2D eigenvalue weighted by molar-refractivity contribution is 7.13. The zero-order valence-electron chi connectivity index (χ0n) is 17.1. The molecule has 0 radical (unpaired) electrons. The van der Waals surface area contributed by atoms with E-state index >= 15 is 0 Å². The number of fused-ring (bicyclic) bond motifs is 1. The molecule has 1 aromatic carbocycles. The molecule has 2 fully saturated rings. The van der Waals surface area contributed by atoms with Crippen molar-refractivity contribution in [3.05, 3.63) is 54.4 Å². The van der Waals surface area contributed by atoms with Crippen LogP contribution in [0.2, 0.25) is 0 Å². The molecule has 1 saturated heterocycles. The molecule has 3 heterocycles. The van der Waals surface area contributed by atoms with E-state index in [2.05, 4.69) is 51.0 Å². The lowest BCUT2D eigenvalue weighted by Gasteiger charge is -2.39. The summed E-state index contributed by atoms with van der Waals surface area (Å²) < 4.78 is 13.0. The van der Waals surface area contributed by atoms with Gasteiger partial charge in [-0.15, -0.1) is 11.3 Å². The molecule has 156 valence electrons. The normalized spacial score (nSPS) is 22.7. The van der Waals surface area contributed by atoms with E-state index in [1.54, 1.807) is 11.3 Å². The molecule has 0 spiro atoms. The molecule has 2 aromatic heterocycles. The van der Waals surface area contributed by atoms with Gasteiger partial charge in [-0.25, -0.2) is 9.37 Å². The van der Waals surface area contributed by atoms with Gasteiger partial charge in [-0.2, -0.15) is 0 Å². The maximum Gasteiger partial charge on any atom is 0.130 e. The standard InChI is InChI=1S/C24H27FN4S/c1-16(18-4-2-17(3-5-18)12-29-13-22(25)14-29)28-24-9-21-8-19(23-11-26-15-30-23)6-7-20(21)10-27-24/h6-11,15,17-18,22H,1-5,12-14H2,(H,27,28). The Labute approximate surface area is 180 Å². The van der Waals surface area contributed by atoms with Crippen molar-refractivity contribution in [2.75, 3.05) is 25.0 Å². The van der Waals surface area contributed by atoms with E-state index in [0.717, 1.165) is 41.7 Å². The smallest absolute Gasteiger partial charge is 0.130 e. The Balaban J connectivity index is 1.20. The number of pyridine rings is 1. The highest BCUT2D eigenvalue weighted by Crippen LogP contribution is 2.34. The Morgan fingerprint density at radius 1 is 1.13 bits per heavy atom. The molecule has 0 amide bonds. The number of hydrogen-bond acceptors (Lipinski definition) is 5. The molecule has 3 aromatic rings. The van der Waals surface area contributed by atoms with Crippen LogP contribution in [0.1, 0.15) is 25.7 Å². The topological polar surface area (TPSA) is 41.1 Å². The van der Waals surface area contributed by atoms with Crippen molar-refractivity contribution >= 4 is 27.9 Å². The molecule has 1 aliphatic heterocycles. The third-order valence-corrected chi connectivity index (χ3v) is 7.32. The maximum atomic E-state index is 13.0. The molecule has 0 atom stereocenters. The number of nitrogens with one attached hydrogen (secondary N) is 1. The predicted molar refractivity (Wildman–Crippen MR) is 122 cm³/mol. The number of anilines is 1. The number of rotatable bonds is 6. The second-order valence-corrected chi connectivity index (χ2v) is 9.57. The van der Waals surface area contributed by atoms with Gasteiger partial charge in [0.25, 0.3) is 0 Å². The van der Waals surface area contributed by atoms with Crippen LogP contribution in [0.3, 0.4) is 0 Å². The molecule has 1 aliphatic carbocycles. The summed E-state index contributed by atoms with van der Waals surface area (Å²) in [5.74, 6) is 2.03. The fourth-order valence-electron chi connectivity index (χ4n) is 4.70. The fourth-order valence-corrected chi connectivity index (χ4v) is 5.32. The minimum Gasteiger partial charge on any atom is -0.344 e. The zero-order valence-corrected chi connectivity index (χ0v) is 17.9. The van der Waals surface area contributed by atoms with Crippen LogP contribution in [-0.2, 0) is 0 Å². The Hall–Kier alpha value is -2.31. The molecule has 4 nitrogen and oxygen atoms in total. The van der Waals surface area contributed by atoms with E-state index < -0.39 is 6.17 Å². The summed E-state index contributed by atoms with van der Waals surface area (Å²) in [7, 11) is 0. The number of hydrogen-bond donors (Lipinski definition) is 1. The first-order valence-electron chi connectivity index (χ1n) is 10.7. The van der Waals surface area contributed by atoms with Crippen LogP contribution in [0.25, 0.3) is 21.2 Å². The first-order chi connectivity index (χ1) is 14.6. The lowest BCUT2D eigenvalue weighted by Crippen LogP contribution is -2.50. The lowest BCUT2D eigenvalue weighted by atomic mass is 9.80. The van der Waals surface area contributed by atoms with Gasteiger partial charge in [-0.3, -0.25) is 9.88 Å². The van der Waals surface area contributed by atoms with Gasteiger partial charge in [0.2, 0.25) is 0 Å². The minimum atomic E-state index is -0.599. The average Bonchev–Trinajstić information content (AvgIpc) is 3.27. The molecular formula is C24H27FN4S. The van der Waals surface area contributed by atoms with E-state index in [0.29, 0.717) is 24.9 Å². The number of likely N-dealkylation sites (tertiary alicyclic amines) is 1. The van der Waals surface area contributed by atoms with Crippen molar-refractivity contribution < 1.29 is 4.39 Å². The predicted octanol–water partition coefficient (Wildman–Crippen LogP) is 5.74. The molecule has 5 rings (SSSR count). The van der Waals surface area contributed by atoms with Gasteiger partial charge in [-0.05, 0) is 60.6 Å². The number of alkyl halides is 1. The SMILES string of the molecule is C=C(Nc1cc2cc(-c3cncs3)ccc2cn1)C1CCC(CN2CC(F)C2)CC1. The van der Waals surface area contributed by atoms with Gasteiger partial charge in [0.1, 0.15) is 12.0 Å². The van der Waals surface area contributed by atoms with Crippen molar-refractivity contribution in [3.8, 4) is 10.4 Å². The zero-order chi connectivity index (χ0) is 20.5. The Bertz CT molecular complexity index is 1020. The van der Waals surface area contributed by atoms with Gasteiger partial charge >= 0.3 is 0 Å². The van der Waals surface area contributed by atoms with Crippen molar-refractivity contribution in [1.29, 1.82) is 0 Å². The van der Waals surface area contributed by atoms with Crippen LogP contribution in [0.5, 0.6) is 0 Å². The molecule has 0 bridgehead atoms. The number of allylic oxidation sites excluding steroid dienone is 1. The first-order valence-corrected chi connectivity index (χ1v) is 11.6. The van der Waals surface area contributed by atoms with Gasteiger partial charge in [0.15, 0.2) is 0 Å². The number of nitrogens with zero attached hydrogens (tertiary/aromatic N) is 3. The second kappa shape index (κ2) is 8.44. The summed E-state index contributed by atoms with van der Waals surface area (Å²) >= 11 is 1.65. The summed E-state index contributed by atoms with van der Waals surface area (Å²) in [6, 6.07) is 8.53. The summed E-state index contributed by atoms with van der Waals surface area (Å²) in [5.41, 5.74) is 4.10. The van der Waals surface area contributed by atoms with Crippen molar-refractivity contribution in [1.82, 2.24) is 14.9 Å². The molecule has 0 unspecified atom stereocenters. The number of thiazole rings is 1. The molecule has 30 heavy (non-hydrogen) atoms. The molecule has 1 N–H and O–H groups in total. The lowest BCUT2D eigenvalue weighted by molar-refractivity contribution is 0.0441. The van der Waals surface area contributed by atoms with Crippen molar-refractivity contribution in [3.63, 3.8) is 0 Å². The first kappa shape index (κ1) is 19.6. The Morgan fingerprint density at radius 2 is 1.97 bits per heavy atom. The molecule has 2 aliphatic rings. The van der Waals surface area contributed by atoms with Gasteiger partial charge in [-0.1, -0.05) is 18.7 Å². The van der Waals surface area contributed by atoms with Gasteiger partial charge < -0.3 is 5.32 Å². The van der Waals surface area contributed by atoms with Crippen LogP contribution in [0, 0.1) is 11.8 Å². The van der Waals surface area contributed by atoms with E-state index in [1.807, 2.05) is 17.9 Å². The van der Waals surface area contributed by atoms with Crippen LogP contribution in [0.15, 0.2) is 54.4 Å². The van der Waals surface area contributed by atoms with Crippen molar-refractivity contribution in [2.45, 2.75) is 31.9 Å². The fraction of sp³-hybridized carbons (Fsp3) is 0.417. The highest BCUT2D eigenvalue weighted by Gasteiger charge is 2.30. The maximum absolute atomic E-state index is 13.0. The van der Waals surface area contributed by atoms with Crippen LogP contribution >= 0.6 is 11.3 Å². The van der Waals surface area contributed by atoms with Crippen LogP contribution in [0.4, 0.5) is 10.2 Å². The highest BCUT2D eigenvalue weighted by atomic mass is 32.1. The van der Waals surface area contributed by atoms with Gasteiger partial charge in [0.05, 0.1) is 10.4 Å². The molecular weight excluding hydrogens is 395 g/mol. The Morgan fingerprint density at radius 3 is 2.70 bits per heavy atom. The van der Waals surface area contributed by atoms with E-state index in [-0.39, 0.29) is 0 Å².